The topological polar surface area (TPSA) is 70.3 Å². The third-order valence-corrected chi connectivity index (χ3v) is 3.74. The predicted octanol–water partition coefficient (Wildman–Crippen LogP) is 0.186. The minimum absolute atomic E-state index is 0.250. The Morgan fingerprint density at radius 2 is 2.28 bits per heavy atom. The Hall–Kier alpha value is -1.47. The van der Waals surface area contributed by atoms with E-state index in [1.807, 2.05) is 4.90 Å². The average molecular weight is 252 g/mol. The second kappa shape index (κ2) is 4.66. The number of fused-ring (bicyclic) bond motifs is 1. The molecule has 1 aromatic heterocycles. The van der Waals surface area contributed by atoms with Crippen molar-refractivity contribution in [1.29, 1.82) is 0 Å². The van der Waals surface area contributed by atoms with Crippen LogP contribution in [0.3, 0.4) is 0 Å². The highest BCUT2D eigenvalue weighted by Gasteiger charge is 2.32. The van der Waals surface area contributed by atoms with Crippen molar-refractivity contribution in [3.8, 4) is 0 Å². The first-order valence-corrected chi connectivity index (χ1v) is 6.26. The minimum atomic E-state index is -0.388. The second-order valence-corrected chi connectivity index (χ2v) is 4.79. The number of hydrogen-bond donors (Lipinski definition) is 2. The molecule has 0 aromatic carbocycles. The Morgan fingerprint density at radius 3 is 3.11 bits per heavy atom. The number of nitrogens with zero attached hydrogens (tertiary/aromatic N) is 4. The monoisotopic (exact) mass is 252 g/mol. The molecule has 7 heteroatoms. The maximum atomic E-state index is 13.8. The molecule has 2 saturated heterocycles. The fourth-order valence-electron chi connectivity index (χ4n) is 2.83. The quantitative estimate of drug-likeness (QED) is 0.578. The number of hydrazine groups is 1. The smallest absolute Gasteiger partial charge is 0.239 e. The fourth-order valence-corrected chi connectivity index (χ4v) is 2.83. The Morgan fingerprint density at radius 1 is 1.39 bits per heavy atom. The third-order valence-electron chi connectivity index (χ3n) is 3.74. The zero-order valence-electron chi connectivity index (χ0n) is 10.1. The molecule has 0 spiro atoms. The summed E-state index contributed by atoms with van der Waals surface area (Å²) in [5, 5.41) is 0. The van der Waals surface area contributed by atoms with E-state index in [1.165, 1.54) is 25.6 Å². The van der Waals surface area contributed by atoms with Crippen LogP contribution in [0.1, 0.15) is 12.8 Å². The Bertz CT molecular complexity index is 440. The largest absolute Gasteiger partial charge is 0.351 e. The van der Waals surface area contributed by atoms with E-state index >= 15 is 0 Å². The lowest BCUT2D eigenvalue weighted by molar-refractivity contribution is 0.229. The van der Waals surface area contributed by atoms with E-state index in [2.05, 4.69) is 20.3 Å². The Kier molecular flexibility index (Phi) is 3.00. The van der Waals surface area contributed by atoms with Crippen molar-refractivity contribution in [2.75, 3.05) is 36.5 Å². The van der Waals surface area contributed by atoms with Gasteiger partial charge < -0.3 is 4.90 Å². The summed E-state index contributed by atoms with van der Waals surface area (Å²) < 4.78 is 13.8. The van der Waals surface area contributed by atoms with E-state index in [-0.39, 0.29) is 11.8 Å². The van der Waals surface area contributed by atoms with Gasteiger partial charge in [-0.25, -0.2) is 15.2 Å². The number of nitrogen functional groups attached to an aromatic ring is 1. The summed E-state index contributed by atoms with van der Waals surface area (Å²) in [5.41, 5.74) is 2.35. The van der Waals surface area contributed by atoms with Crippen LogP contribution in [-0.4, -0.2) is 47.1 Å². The van der Waals surface area contributed by atoms with Crippen molar-refractivity contribution < 1.29 is 4.39 Å². The van der Waals surface area contributed by atoms with Gasteiger partial charge in [0.05, 0.1) is 6.20 Å². The van der Waals surface area contributed by atoms with Gasteiger partial charge in [0, 0.05) is 25.7 Å². The normalized spacial score (nSPS) is 24.1. The van der Waals surface area contributed by atoms with Crippen molar-refractivity contribution in [2.24, 2.45) is 5.84 Å². The van der Waals surface area contributed by atoms with E-state index in [0.29, 0.717) is 11.9 Å². The molecule has 3 rings (SSSR count). The number of hydrogen-bond acceptors (Lipinski definition) is 6. The van der Waals surface area contributed by atoms with Crippen LogP contribution in [0, 0.1) is 5.82 Å². The highest BCUT2D eigenvalue weighted by Crippen LogP contribution is 2.26. The molecular weight excluding hydrogens is 235 g/mol. The van der Waals surface area contributed by atoms with Gasteiger partial charge in [0.25, 0.3) is 0 Å². The molecule has 2 aliphatic rings. The van der Waals surface area contributed by atoms with Crippen LogP contribution in [0.15, 0.2) is 6.20 Å². The highest BCUT2D eigenvalue weighted by atomic mass is 19.1. The first-order valence-electron chi connectivity index (χ1n) is 6.26. The van der Waals surface area contributed by atoms with Crippen molar-refractivity contribution in [3.05, 3.63) is 12.0 Å². The van der Waals surface area contributed by atoms with Gasteiger partial charge in [0.15, 0.2) is 11.6 Å². The maximum Gasteiger partial charge on any atom is 0.239 e. The van der Waals surface area contributed by atoms with Crippen LogP contribution in [-0.2, 0) is 0 Å². The number of piperazine rings is 1. The number of nitrogens with one attached hydrogen (secondary N) is 1. The van der Waals surface area contributed by atoms with Crippen molar-refractivity contribution >= 4 is 11.8 Å². The molecule has 18 heavy (non-hydrogen) atoms. The van der Waals surface area contributed by atoms with Crippen LogP contribution in [0.5, 0.6) is 0 Å². The molecule has 0 bridgehead atoms. The van der Waals surface area contributed by atoms with Gasteiger partial charge >= 0.3 is 0 Å². The standard InChI is InChI=1S/C11H17FN6/c12-9-6-14-11(16-13)15-10(9)18-5-4-17-3-1-2-8(17)7-18/h6,8H,1-5,7,13H2,(H,14,15,16). The molecule has 0 saturated carbocycles. The summed E-state index contributed by atoms with van der Waals surface area (Å²) in [6.45, 7) is 3.77. The van der Waals surface area contributed by atoms with Crippen LogP contribution in [0.25, 0.3) is 0 Å². The predicted molar refractivity (Wildman–Crippen MR) is 66.6 cm³/mol. The SMILES string of the molecule is NNc1ncc(F)c(N2CCN3CCCC3C2)n1. The lowest BCUT2D eigenvalue weighted by atomic mass is 10.1. The minimum Gasteiger partial charge on any atom is -0.351 e. The van der Waals surface area contributed by atoms with Gasteiger partial charge in [-0.05, 0) is 19.4 Å². The van der Waals surface area contributed by atoms with Crippen LogP contribution in [0.2, 0.25) is 0 Å². The molecule has 6 nitrogen and oxygen atoms in total. The van der Waals surface area contributed by atoms with Gasteiger partial charge in [0.2, 0.25) is 5.95 Å². The maximum absolute atomic E-state index is 13.8. The first-order chi connectivity index (χ1) is 8.78. The van der Waals surface area contributed by atoms with E-state index in [0.717, 1.165) is 19.6 Å². The Balaban J connectivity index is 1.82. The zero-order chi connectivity index (χ0) is 12.5. The van der Waals surface area contributed by atoms with Gasteiger partial charge in [0.1, 0.15) is 0 Å². The highest BCUT2D eigenvalue weighted by molar-refractivity contribution is 5.44. The Labute approximate surface area is 105 Å². The first kappa shape index (κ1) is 11.6. The number of rotatable bonds is 2. The third kappa shape index (κ3) is 1.99. The zero-order valence-corrected chi connectivity index (χ0v) is 10.1. The molecule has 3 N–H and O–H groups in total. The summed E-state index contributed by atoms with van der Waals surface area (Å²) in [7, 11) is 0. The molecule has 3 heterocycles. The van der Waals surface area contributed by atoms with Crippen LogP contribution < -0.4 is 16.2 Å². The van der Waals surface area contributed by atoms with Gasteiger partial charge in [-0.3, -0.25) is 10.3 Å². The summed E-state index contributed by atoms with van der Waals surface area (Å²) in [5.74, 6) is 5.47. The summed E-state index contributed by atoms with van der Waals surface area (Å²) in [6.07, 6.45) is 3.59. The number of anilines is 2. The van der Waals surface area contributed by atoms with Crippen molar-refractivity contribution in [3.63, 3.8) is 0 Å². The summed E-state index contributed by atoms with van der Waals surface area (Å²) in [6, 6.07) is 0.530. The van der Waals surface area contributed by atoms with Gasteiger partial charge in [-0.1, -0.05) is 0 Å². The van der Waals surface area contributed by atoms with Gasteiger partial charge in [-0.15, -0.1) is 0 Å². The number of halogens is 1. The molecule has 0 radical (unpaired) electrons. The average Bonchev–Trinajstić information content (AvgIpc) is 2.86. The lowest BCUT2D eigenvalue weighted by Crippen LogP contribution is -2.50. The van der Waals surface area contributed by atoms with Crippen molar-refractivity contribution in [2.45, 2.75) is 18.9 Å². The van der Waals surface area contributed by atoms with Crippen LogP contribution >= 0.6 is 0 Å². The summed E-state index contributed by atoms with van der Waals surface area (Å²) >= 11 is 0. The molecule has 0 amide bonds. The van der Waals surface area contributed by atoms with Crippen molar-refractivity contribution in [1.82, 2.24) is 14.9 Å². The van der Waals surface area contributed by atoms with E-state index in [1.54, 1.807) is 0 Å². The molecule has 2 aliphatic heterocycles. The second-order valence-electron chi connectivity index (χ2n) is 4.79. The lowest BCUT2D eigenvalue weighted by Gasteiger charge is -2.38. The molecule has 1 aromatic rings. The van der Waals surface area contributed by atoms with Crippen LogP contribution in [0.4, 0.5) is 16.2 Å². The van der Waals surface area contributed by atoms with Gasteiger partial charge in [-0.2, -0.15) is 4.98 Å². The van der Waals surface area contributed by atoms with E-state index in [4.69, 9.17) is 5.84 Å². The molecular formula is C11H17FN6. The number of aromatic nitrogens is 2. The molecule has 0 aliphatic carbocycles. The molecule has 1 unspecified atom stereocenters. The fraction of sp³-hybridized carbons (Fsp3) is 0.636. The number of nitrogens with two attached hydrogens (primary N) is 1. The molecule has 98 valence electrons. The van der Waals surface area contributed by atoms with E-state index in [9.17, 15) is 4.39 Å². The summed E-state index contributed by atoms with van der Waals surface area (Å²) in [4.78, 5) is 12.3. The molecule has 2 fully saturated rings. The van der Waals surface area contributed by atoms with E-state index < -0.39 is 0 Å². The molecule has 1 atom stereocenters.